The second kappa shape index (κ2) is 7.99. The lowest BCUT2D eigenvalue weighted by atomic mass is 10.1. The van der Waals surface area contributed by atoms with Gasteiger partial charge in [-0.05, 0) is 24.5 Å². The van der Waals surface area contributed by atoms with Crippen molar-refractivity contribution in [1.29, 1.82) is 0 Å². The summed E-state index contributed by atoms with van der Waals surface area (Å²) < 4.78 is 0. The van der Waals surface area contributed by atoms with Crippen LogP contribution in [0.2, 0.25) is 0 Å². The van der Waals surface area contributed by atoms with Gasteiger partial charge in [0.15, 0.2) is 0 Å². The van der Waals surface area contributed by atoms with Crippen LogP contribution in [-0.4, -0.2) is 30.2 Å². The molecule has 0 saturated heterocycles. The molecule has 0 saturated carbocycles. The lowest BCUT2D eigenvalue weighted by molar-refractivity contribution is -0.128. The minimum absolute atomic E-state index is 0.330. The van der Waals surface area contributed by atoms with Crippen LogP contribution >= 0.6 is 0 Å². The molecule has 2 atom stereocenters. The van der Waals surface area contributed by atoms with E-state index >= 15 is 0 Å². The molecule has 1 aromatic rings. The molecule has 0 bridgehead atoms. The predicted octanol–water partition coefficient (Wildman–Crippen LogP) is 0.994. The standard InChI is InChI=1S/C16H20N2O3/c1-11(2)15(17-12(3)20)16(21)18-14(10-19)9-13-7-5-4-6-8-13/h4-8,10,14-15H,1,9H2,2-3H3,(H,17,20)(H,18,21). The van der Waals surface area contributed by atoms with Crippen molar-refractivity contribution in [2.24, 2.45) is 0 Å². The largest absolute Gasteiger partial charge is 0.344 e. The molecule has 5 nitrogen and oxygen atoms in total. The highest BCUT2D eigenvalue weighted by atomic mass is 16.2. The van der Waals surface area contributed by atoms with Crippen molar-refractivity contribution in [2.75, 3.05) is 0 Å². The van der Waals surface area contributed by atoms with Gasteiger partial charge in [-0.2, -0.15) is 0 Å². The van der Waals surface area contributed by atoms with Crippen LogP contribution in [-0.2, 0) is 20.8 Å². The second-order valence-electron chi connectivity index (χ2n) is 4.92. The summed E-state index contributed by atoms with van der Waals surface area (Å²) in [6.45, 7) is 6.65. The van der Waals surface area contributed by atoms with Gasteiger partial charge in [-0.1, -0.05) is 36.9 Å². The van der Waals surface area contributed by atoms with Crippen LogP contribution < -0.4 is 10.6 Å². The van der Waals surface area contributed by atoms with Gasteiger partial charge >= 0.3 is 0 Å². The van der Waals surface area contributed by atoms with Crippen molar-refractivity contribution in [2.45, 2.75) is 32.4 Å². The summed E-state index contributed by atoms with van der Waals surface area (Å²) in [6, 6.07) is 7.90. The summed E-state index contributed by atoms with van der Waals surface area (Å²) in [5, 5.41) is 5.13. The molecule has 21 heavy (non-hydrogen) atoms. The molecule has 112 valence electrons. The highest BCUT2D eigenvalue weighted by Gasteiger charge is 2.22. The zero-order valence-electron chi connectivity index (χ0n) is 12.3. The maximum Gasteiger partial charge on any atom is 0.247 e. The number of hydrogen-bond acceptors (Lipinski definition) is 3. The van der Waals surface area contributed by atoms with Gasteiger partial charge in [0.05, 0.1) is 6.04 Å². The average Bonchev–Trinajstić information content (AvgIpc) is 2.44. The third kappa shape index (κ3) is 5.60. The average molecular weight is 288 g/mol. The van der Waals surface area contributed by atoms with Gasteiger partial charge in [-0.25, -0.2) is 0 Å². The zero-order chi connectivity index (χ0) is 15.8. The molecule has 0 aliphatic carbocycles. The monoisotopic (exact) mass is 288 g/mol. The summed E-state index contributed by atoms with van der Waals surface area (Å²) >= 11 is 0. The quantitative estimate of drug-likeness (QED) is 0.580. The van der Waals surface area contributed by atoms with E-state index in [1.165, 1.54) is 6.92 Å². The Morgan fingerprint density at radius 3 is 2.29 bits per heavy atom. The third-order valence-electron chi connectivity index (χ3n) is 2.89. The Balaban J connectivity index is 2.70. The van der Waals surface area contributed by atoms with Crippen molar-refractivity contribution >= 4 is 18.1 Å². The maximum atomic E-state index is 12.1. The van der Waals surface area contributed by atoms with Gasteiger partial charge < -0.3 is 15.4 Å². The first kappa shape index (κ1) is 16.6. The van der Waals surface area contributed by atoms with Gasteiger partial charge in [0.1, 0.15) is 12.3 Å². The number of carbonyl (C=O) groups is 3. The van der Waals surface area contributed by atoms with E-state index in [4.69, 9.17) is 0 Å². The minimum Gasteiger partial charge on any atom is -0.344 e. The molecule has 0 aliphatic heterocycles. The number of benzene rings is 1. The summed E-state index contributed by atoms with van der Waals surface area (Å²) in [7, 11) is 0. The molecule has 0 fully saturated rings. The molecular weight excluding hydrogens is 268 g/mol. The Morgan fingerprint density at radius 1 is 1.19 bits per heavy atom. The Kier molecular flexibility index (Phi) is 6.33. The highest BCUT2D eigenvalue weighted by Crippen LogP contribution is 2.04. The molecule has 0 aliphatic rings. The Bertz CT molecular complexity index is 526. The van der Waals surface area contributed by atoms with E-state index in [9.17, 15) is 14.4 Å². The van der Waals surface area contributed by atoms with E-state index in [2.05, 4.69) is 17.2 Å². The highest BCUT2D eigenvalue weighted by molar-refractivity contribution is 5.90. The summed E-state index contributed by atoms with van der Waals surface area (Å²) in [5.74, 6) is -0.769. The van der Waals surface area contributed by atoms with E-state index in [0.717, 1.165) is 5.56 Å². The summed E-state index contributed by atoms with van der Waals surface area (Å²) in [5.41, 5.74) is 1.45. The number of rotatable bonds is 7. The first-order chi connectivity index (χ1) is 9.93. The maximum absolute atomic E-state index is 12.1. The van der Waals surface area contributed by atoms with Crippen molar-refractivity contribution in [3.8, 4) is 0 Å². The van der Waals surface area contributed by atoms with Crippen LogP contribution in [0.15, 0.2) is 42.5 Å². The van der Waals surface area contributed by atoms with E-state index in [-0.39, 0.29) is 5.91 Å². The molecule has 2 amide bonds. The summed E-state index contributed by atoms with van der Waals surface area (Å²) in [6.07, 6.45) is 1.09. The van der Waals surface area contributed by atoms with Crippen LogP contribution in [0.3, 0.4) is 0 Å². The molecule has 2 N–H and O–H groups in total. The van der Waals surface area contributed by atoms with E-state index < -0.39 is 18.0 Å². The predicted molar refractivity (Wildman–Crippen MR) is 80.6 cm³/mol. The van der Waals surface area contributed by atoms with Gasteiger partial charge in [0, 0.05) is 6.92 Å². The third-order valence-corrected chi connectivity index (χ3v) is 2.89. The molecule has 1 rings (SSSR count). The van der Waals surface area contributed by atoms with Crippen molar-refractivity contribution in [3.05, 3.63) is 48.0 Å². The summed E-state index contributed by atoms with van der Waals surface area (Å²) in [4.78, 5) is 34.4. The van der Waals surface area contributed by atoms with Gasteiger partial charge in [-0.3, -0.25) is 9.59 Å². The molecule has 0 spiro atoms. The number of hydrogen-bond donors (Lipinski definition) is 2. The van der Waals surface area contributed by atoms with Crippen LogP contribution in [0, 0.1) is 0 Å². The van der Waals surface area contributed by atoms with Crippen LogP contribution in [0.5, 0.6) is 0 Å². The molecular formula is C16H20N2O3. The smallest absolute Gasteiger partial charge is 0.247 e. The SMILES string of the molecule is C=C(C)C(NC(C)=O)C(=O)NC(C=O)Cc1ccccc1. The van der Waals surface area contributed by atoms with Crippen molar-refractivity contribution in [1.82, 2.24) is 10.6 Å². The van der Waals surface area contributed by atoms with E-state index in [0.29, 0.717) is 18.3 Å². The second-order valence-corrected chi connectivity index (χ2v) is 4.92. The first-order valence-corrected chi connectivity index (χ1v) is 6.66. The molecule has 0 aromatic heterocycles. The zero-order valence-corrected chi connectivity index (χ0v) is 12.3. The van der Waals surface area contributed by atoms with Gasteiger partial charge in [0.25, 0.3) is 0 Å². The van der Waals surface area contributed by atoms with E-state index in [1.54, 1.807) is 6.92 Å². The fraction of sp³-hybridized carbons (Fsp3) is 0.312. The molecule has 2 unspecified atom stereocenters. The number of carbonyl (C=O) groups excluding carboxylic acids is 3. The van der Waals surface area contributed by atoms with Crippen LogP contribution in [0.1, 0.15) is 19.4 Å². The van der Waals surface area contributed by atoms with Gasteiger partial charge in [-0.15, -0.1) is 0 Å². The van der Waals surface area contributed by atoms with E-state index in [1.807, 2.05) is 30.3 Å². The lowest BCUT2D eigenvalue weighted by Crippen LogP contribution is -2.50. The Morgan fingerprint density at radius 2 is 1.81 bits per heavy atom. The van der Waals surface area contributed by atoms with Crippen molar-refractivity contribution < 1.29 is 14.4 Å². The minimum atomic E-state index is -0.833. The lowest BCUT2D eigenvalue weighted by Gasteiger charge is -2.20. The van der Waals surface area contributed by atoms with Crippen LogP contribution in [0.25, 0.3) is 0 Å². The molecule has 0 radical (unpaired) electrons. The Labute approximate surface area is 124 Å². The first-order valence-electron chi connectivity index (χ1n) is 6.66. The molecule has 1 aromatic carbocycles. The normalized spacial score (nSPS) is 12.9. The fourth-order valence-electron chi connectivity index (χ4n) is 1.88. The van der Waals surface area contributed by atoms with Gasteiger partial charge in [0.2, 0.25) is 11.8 Å². The fourth-order valence-corrected chi connectivity index (χ4v) is 1.88. The number of nitrogens with one attached hydrogen (secondary N) is 2. The Hall–Kier alpha value is -2.43. The topological polar surface area (TPSA) is 75.3 Å². The number of aldehydes is 1. The molecule has 0 heterocycles. The van der Waals surface area contributed by atoms with Crippen LogP contribution in [0.4, 0.5) is 0 Å². The molecule has 5 heteroatoms. The number of amides is 2. The van der Waals surface area contributed by atoms with Crippen molar-refractivity contribution in [3.63, 3.8) is 0 Å².